The van der Waals surface area contributed by atoms with Crippen molar-refractivity contribution in [3.05, 3.63) is 71.5 Å². The molecule has 0 radical (unpaired) electrons. The van der Waals surface area contributed by atoms with Gasteiger partial charge in [-0.05, 0) is 23.8 Å². The molecule has 6 nitrogen and oxygen atoms in total. The first-order valence-electron chi connectivity index (χ1n) is 8.96. The quantitative estimate of drug-likeness (QED) is 0.520. The van der Waals surface area contributed by atoms with Crippen molar-refractivity contribution in [2.45, 2.75) is 13.1 Å². The average molecular weight is 392 g/mol. The normalized spacial score (nSPS) is 11.0. The molecule has 0 bridgehead atoms. The molecule has 142 valence electrons. The molecule has 1 aromatic carbocycles. The molecular formula is C21H20N4O2S. The van der Waals surface area contributed by atoms with Crippen LogP contribution in [0.2, 0.25) is 0 Å². The minimum absolute atomic E-state index is 0.189. The molecule has 0 fully saturated rings. The van der Waals surface area contributed by atoms with Crippen molar-refractivity contribution in [2.24, 2.45) is 0 Å². The fraction of sp³-hybridized carbons (Fsp3) is 0.190. The van der Waals surface area contributed by atoms with Crippen LogP contribution in [-0.2, 0) is 17.8 Å². The maximum atomic E-state index is 12.5. The summed E-state index contributed by atoms with van der Waals surface area (Å²) in [6.07, 6.45) is 3.45. The van der Waals surface area contributed by atoms with Crippen LogP contribution in [-0.4, -0.2) is 34.2 Å². The Morgan fingerprint density at radius 1 is 1.25 bits per heavy atom. The second-order valence-electron chi connectivity index (χ2n) is 6.31. The Morgan fingerprint density at radius 3 is 2.96 bits per heavy atom. The van der Waals surface area contributed by atoms with E-state index in [1.54, 1.807) is 24.9 Å². The zero-order valence-corrected chi connectivity index (χ0v) is 16.3. The number of fused-ring (bicyclic) bond motifs is 1. The summed E-state index contributed by atoms with van der Waals surface area (Å²) in [5, 5.41) is 6.65. The number of carbonyl (C=O) groups is 1. The molecule has 1 N–H and O–H groups in total. The molecule has 3 heterocycles. The van der Waals surface area contributed by atoms with Crippen molar-refractivity contribution in [1.82, 2.24) is 19.9 Å². The van der Waals surface area contributed by atoms with Crippen LogP contribution in [0.3, 0.4) is 0 Å². The van der Waals surface area contributed by atoms with Crippen LogP contribution >= 0.6 is 11.3 Å². The van der Waals surface area contributed by atoms with Gasteiger partial charge in [-0.2, -0.15) is 0 Å². The van der Waals surface area contributed by atoms with Gasteiger partial charge in [0.15, 0.2) is 0 Å². The van der Waals surface area contributed by atoms with Crippen molar-refractivity contribution >= 4 is 28.1 Å². The second kappa shape index (κ2) is 8.33. The highest BCUT2D eigenvalue weighted by atomic mass is 32.1. The Balaban J connectivity index is 1.57. The number of thiazole rings is 1. The lowest BCUT2D eigenvalue weighted by Gasteiger charge is -2.08. The Bertz CT molecular complexity index is 1090. The fourth-order valence-electron chi connectivity index (χ4n) is 3.08. The van der Waals surface area contributed by atoms with Gasteiger partial charge in [0, 0.05) is 48.9 Å². The van der Waals surface area contributed by atoms with Gasteiger partial charge < -0.3 is 14.6 Å². The molecule has 0 aliphatic heterocycles. The van der Waals surface area contributed by atoms with E-state index in [2.05, 4.69) is 38.1 Å². The van der Waals surface area contributed by atoms with Gasteiger partial charge in [0.05, 0.1) is 12.3 Å². The second-order valence-corrected chi connectivity index (χ2v) is 7.17. The number of rotatable bonds is 7. The molecule has 0 aliphatic rings. The zero-order chi connectivity index (χ0) is 19.3. The lowest BCUT2D eigenvalue weighted by Crippen LogP contribution is -2.23. The number of hydrogen-bond donors (Lipinski definition) is 1. The van der Waals surface area contributed by atoms with Crippen molar-refractivity contribution in [3.8, 4) is 10.7 Å². The topological polar surface area (TPSA) is 69.0 Å². The SMILES string of the molecule is COCCn1c(-c2nc(C(=O)NCc3cccnc3)cs2)cc2ccccc21. The van der Waals surface area contributed by atoms with E-state index >= 15 is 0 Å². The zero-order valence-electron chi connectivity index (χ0n) is 15.5. The molecule has 4 rings (SSSR count). The smallest absolute Gasteiger partial charge is 0.271 e. The minimum atomic E-state index is -0.189. The van der Waals surface area contributed by atoms with E-state index in [-0.39, 0.29) is 5.91 Å². The molecule has 0 atom stereocenters. The summed E-state index contributed by atoms with van der Waals surface area (Å²) >= 11 is 1.47. The molecule has 0 aliphatic carbocycles. The summed E-state index contributed by atoms with van der Waals surface area (Å²) in [4.78, 5) is 21.1. The van der Waals surface area contributed by atoms with Crippen LogP contribution in [0.4, 0.5) is 0 Å². The summed E-state index contributed by atoms with van der Waals surface area (Å²) in [5.74, 6) is -0.189. The Hall–Kier alpha value is -3.03. The summed E-state index contributed by atoms with van der Waals surface area (Å²) in [7, 11) is 1.69. The Kier molecular flexibility index (Phi) is 5.45. The van der Waals surface area contributed by atoms with Crippen LogP contribution in [0.25, 0.3) is 21.6 Å². The van der Waals surface area contributed by atoms with Gasteiger partial charge in [-0.25, -0.2) is 4.98 Å². The van der Waals surface area contributed by atoms with Gasteiger partial charge in [0.25, 0.3) is 5.91 Å². The molecular weight excluding hydrogens is 372 g/mol. The number of nitrogens with one attached hydrogen (secondary N) is 1. The number of para-hydroxylation sites is 1. The van der Waals surface area contributed by atoms with E-state index in [0.29, 0.717) is 18.8 Å². The van der Waals surface area contributed by atoms with E-state index < -0.39 is 0 Å². The molecule has 4 aromatic rings. The van der Waals surface area contributed by atoms with Gasteiger partial charge in [0.1, 0.15) is 10.7 Å². The van der Waals surface area contributed by atoms with Gasteiger partial charge in [-0.3, -0.25) is 9.78 Å². The first-order chi connectivity index (χ1) is 13.8. The Morgan fingerprint density at radius 2 is 2.14 bits per heavy atom. The third kappa shape index (κ3) is 3.81. The Labute approximate surface area is 166 Å². The number of aromatic nitrogens is 3. The number of hydrogen-bond acceptors (Lipinski definition) is 5. The number of methoxy groups -OCH3 is 1. The number of pyridine rings is 1. The maximum Gasteiger partial charge on any atom is 0.271 e. The van der Waals surface area contributed by atoms with Crippen LogP contribution in [0.1, 0.15) is 16.1 Å². The molecule has 0 saturated carbocycles. The average Bonchev–Trinajstić information content (AvgIpc) is 3.36. The lowest BCUT2D eigenvalue weighted by atomic mass is 10.2. The number of benzene rings is 1. The summed E-state index contributed by atoms with van der Waals surface area (Å²) in [5.41, 5.74) is 3.50. The third-order valence-corrected chi connectivity index (χ3v) is 5.33. The first-order valence-corrected chi connectivity index (χ1v) is 9.84. The first kappa shape index (κ1) is 18.3. The molecule has 28 heavy (non-hydrogen) atoms. The number of carbonyl (C=O) groups excluding carboxylic acids is 1. The van der Waals surface area contributed by atoms with E-state index in [9.17, 15) is 4.79 Å². The fourth-order valence-corrected chi connectivity index (χ4v) is 3.91. The summed E-state index contributed by atoms with van der Waals surface area (Å²) in [6, 6.07) is 14.1. The van der Waals surface area contributed by atoms with E-state index in [1.807, 2.05) is 24.3 Å². The van der Waals surface area contributed by atoms with Crippen molar-refractivity contribution < 1.29 is 9.53 Å². The molecule has 0 spiro atoms. The third-order valence-electron chi connectivity index (χ3n) is 4.46. The van der Waals surface area contributed by atoms with Crippen LogP contribution in [0.5, 0.6) is 0 Å². The number of ether oxygens (including phenoxy) is 1. The van der Waals surface area contributed by atoms with Crippen molar-refractivity contribution in [3.63, 3.8) is 0 Å². The van der Waals surface area contributed by atoms with E-state index in [4.69, 9.17) is 4.74 Å². The predicted molar refractivity (Wildman–Crippen MR) is 110 cm³/mol. The van der Waals surface area contributed by atoms with Gasteiger partial charge in [-0.1, -0.05) is 24.3 Å². The lowest BCUT2D eigenvalue weighted by molar-refractivity contribution is 0.0946. The van der Waals surface area contributed by atoms with Crippen LogP contribution < -0.4 is 5.32 Å². The maximum absolute atomic E-state index is 12.5. The largest absolute Gasteiger partial charge is 0.383 e. The number of amides is 1. The standard InChI is InChI=1S/C21H20N4O2S/c1-27-10-9-25-18-7-3-2-6-16(18)11-19(25)21-24-17(14-28-21)20(26)23-13-15-5-4-8-22-12-15/h2-8,11-12,14H,9-10,13H2,1H3,(H,23,26). The molecule has 0 unspecified atom stereocenters. The van der Waals surface area contributed by atoms with E-state index in [1.165, 1.54) is 11.3 Å². The highest BCUT2D eigenvalue weighted by Crippen LogP contribution is 2.30. The van der Waals surface area contributed by atoms with Gasteiger partial charge in [0.2, 0.25) is 0 Å². The summed E-state index contributed by atoms with van der Waals surface area (Å²) < 4.78 is 7.45. The molecule has 7 heteroatoms. The van der Waals surface area contributed by atoms with Gasteiger partial charge >= 0.3 is 0 Å². The van der Waals surface area contributed by atoms with Crippen molar-refractivity contribution in [1.29, 1.82) is 0 Å². The molecule has 1 amide bonds. The monoisotopic (exact) mass is 392 g/mol. The minimum Gasteiger partial charge on any atom is -0.383 e. The molecule has 3 aromatic heterocycles. The molecule has 0 saturated heterocycles. The van der Waals surface area contributed by atoms with Crippen LogP contribution in [0.15, 0.2) is 60.2 Å². The summed E-state index contributed by atoms with van der Waals surface area (Å²) in [6.45, 7) is 1.75. The number of nitrogens with zero attached hydrogens (tertiary/aromatic N) is 3. The highest BCUT2D eigenvalue weighted by molar-refractivity contribution is 7.13. The van der Waals surface area contributed by atoms with Gasteiger partial charge in [-0.15, -0.1) is 11.3 Å². The van der Waals surface area contributed by atoms with Crippen LogP contribution in [0, 0.1) is 0 Å². The highest BCUT2D eigenvalue weighted by Gasteiger charge is 2.16. The van der Waals surface area contributed by atoms with Crippen molar-refractivity contribution in [2.75, 3.05) is 13.7 Å². The predicted octanol–water partition coefficient (Wildman–Crippen LogP) is 3.74. The van der Waals surface area contributed by atoms with E-state index in [0.717, 1.165) is 33.7 Å².